The lowest BCUT2D eigenvalue weighted by molar-refractivity contribution is -0.307. The molecule has 2 aromatic rings. The molecule has 0 saturated carbocycles. The zero-order chi connectivity index (χ0) is 22.3. The number of ether oxygens (including phenoxy) is 2. The van der Waals surface area contributed by atoms with Gasteiger partial charge in [-0.1, -0.05) is 41.9 Å². The van der Waals surface area contributed by atoms with E-state index in [0.717, 1.165) is 20.1 Å². The maximum Gasteiger partial charge on any atom is 0.277 e. The Hall–Kier alpha value is -2.39. The van der Waals surface area contributed by atoms with Gasteiger partial charge in [0.05, 0.1) is 16.7 Å². The van der Waals surface area contributed by atoms with E-state index in [9.17, 15) is 14.7 Å². The minimum atomic E-state index is -1.33. The Kier molecular flexibility index (Phi) is 8.86. The molecule has 0 heterocycles. The van der Waals surface area contributed by atoms with Crippen molar-refractivity contribution in [3.63, 3.8) is 0 Å². The number of amides is 1. The average molecular weight is 541 g/mol. The van der Waals surface area contributed by atoms with Gasteiger partial charge in [-0.25, -0.2) is 5.43 Å². The number of carbonyl (C=O) groups is 2. The highest BCUT2D eigenvalue weighted by atomic mass is 79.9. The number of benzene rings is 2. The number of hydrogen-bond acceptors (Lipinski definition) is 6. The first-order chi connectivity index (χ1) is 14.2. The Morgan fingerprint density at radius 2 is 1.90 bits per heavy atom. The summed E-state index contributed by atoms with van der Waals surface area (Å²) in [7, 11) is 0. The summed E-state index contributed by atoms with van der Waals surface area (Å²) < 4.78 is 12.6. The normalized spacial score (nSPS) is 11.0. The van der Waals surface area contributed by atoms with Crippen molar-refractivity contribution >= 4 is 50.0 Å². The first-order valence-electron chi connectivity index (χ1n) is 9.05. The molecule has 0 saturated heterocycles. The lowest BCUT2D eigenvalue weighted by Gasteiger charge is -2.18. The van der Waals surface area contributed by atoms with Gasteiger partial charge in [-0.15, -0.1) is 0 Å². The third-order valence-corrected chi connectivity index (χ3v) is 5.84. The number of aliphatic carboxylic acids is 1. The first kappa shape index (κ1) is 23.9. The van der Waals surface area contributed by atoms with Crippen molar-refractivity contribution in [2.45, 2.75) is 26.7 Å². The maximum atomic E-state index is 12.2. The van der Waals surface area contributed by atoms with Gasteiger partial charge < -0.3 is 19.4 Å². The van der Waals surface area contributed by atoms with Gasteiger partial charge in [-0.3, -0.25) is 4.79 Å². The molecule has 0 aromatic heterocycles. The number of hydrogen-bond donors (Lipinski definition) is 1. The van der Waals surface area contributed by atoms with Crippen molar-refractivity contribution in [2.75, 3.05) is 13.2 Å². The van der Waals surface area contributed by atoms with E-state index < -0.39 is 18.5 Å². The Morgan fingerprint density at radius 3 is 2.57 bits per heavy atom. The average Bonchev–Trinajstić information content (AvgIpc) is 2.70. The van der Waals surface area contributed by atoms with Gasteiger partial charge >= 0.3 is 0 Å². The Balaban J connectivity index is 2.02. The summed E-state index contributed by atoms with van der Waals surface area (Å²) >= 11 is 7.07. The van der Waals surface area contributed by atoms with E-state index in [0.29, 0.717) is 17.1 Å². The van der Waals surface area contributed by atoms with E-state index in [1.807, 2.05) is 26.8 Å². The van der Waals surface area contributed by atoms with Crippen LogP contribution in [0.2, 0.25) is 0 Å². The molecule has 0 aliphatic carbocycles. The van der Waals surface area contributed by atoms with Crippen LogP contribution in [0.15, 0.2) is 44.4 Å². The highest BCUT2D eigenvalue weighted by molar-refractivity contribution is 9.11. The molecular weight excluding hydrogens is 520 g/mol. The van der Waals surface area contributed by atoms with Crippen LogP contribution in [0.5, 0.6) is 11.5 Å². The molecule has 1 N–H and O–H groups in total. The maximum absolute atomic E-state index is 12.2. The smallest absolute Gasteiger partial charge is 0.277 e. The fourth-order valence-corrected chi connectivity index (χ4v) is 3.75. The number of carboxylic acids is 1. The van der Waals surface area contributed by atoms with E-state index in [2.05, 4.69) is 42.4 Å². The summed E-state index contributed by atoms with van der Waals surface area (Å²) in [4.78, 5) is 22.7. The van der Waals surface area contributed by atoms with Gasteiger partial charge in [-0.2, -0.15) is 5.10 Å². The van der Waals surface area contributed by atoms with E-state index >= 15 is 0 Å². The second kappa shape index (κ2) is 11.1. The Bertz CT molecular complexity index is 961. The van der Waals surface area contributed by atoms with Gasteiger partial charge in [0.25, 0.3) is 5.91 Å². The van der Waals surface area contributed by atoms with Crippen molar-refractivity contribution in [2.24, 2.45) is 5.10 Å². The summed E-state index contributed by atoms with van der Waals surface area (Å²) in [5.41, 5.74) is 4.83. The summed E-state index contributed by atoms with van der Waals surface area (Å²) in [6.07, 6.45) is 1.36. The number of carbonyl (C=O) groups excluding carboxylic acids is 2. The number of hydrazone groups is 1. The monoisotopic (exact) mass is 539 g/mol. The fraction of sp³-hybridized carbons (Fsp3) is 0.286. The summed E-state index contributed by atoms with van der Waals surface area (Å²) in [5, 5.41) is 14.4. The van der Waals surface area contributed by atoms with Crippen LogP contribution in [-0.4, -0.2) is 31.3 Å². The van der Waals surface area contributed by atoms with Crippen LogP contribution in [0.4, 0.5) is 0 Å². The summed E-state index contributed by atoms with van der Waals surface area (Å²) in [6, 6.07) is 8.68. The minimum Gasteiger partial charge on any atom is -0.546 e. The fourth-order valence-electron chi connectivity index (χ4n) is 2.49. The van der Waals surface area contributed by atoms with Crippen molar-refractivity contribution in [3.8, 4) is 11.5 Å². The zero-order valence-corrected chi connectivity index (χ0v) is 19.9. The Labute approximate surface area is 191 Å². The standard InChI is InChI=1S/C21H22Br2N2O5/c1-12(2)15-8-16(22)13(3)20(23)21(15)30-10-18(26)25-24-9-14-6-4-5-7-17(14)29-11-19(27)28/h4-9,12H,10-11H2,1-3H3,(H,25,26)(H,27,28)/p-1. The second-order valence-corrected chi connectivity index (χ2v) is 8.30. The van der Waals surface area contributed by atoms with Crippen LogP contribution in [-0.2, 0) is 9.59 Å². The molecule has 0 unspecified atom stereocenters. The molecule has 0 bridgehead atoms. The molecule has 9 heteroatoms. The predicted molar refractivity (Wildman–Crippen MR) is 119 cm³/mol. The van der Waals surface area contributed by atoms with E-state index in [4.69, 9.17) is 9.47 Å². The van der Waals surface area contributed by atoms with E-state index in [-0.39, 0.29) is 12.5 Å². The SMILES string of the molecule is Cc1c(Br)cc(C(C)C)c(OCC(=O)NN=Cc2ccccc2OCC(=O)[O-])c1Br. The first-order valence-corrected chi connectivity index (χ1v) is 10.6. The number of halogens is 2. The number of nitrogens with zero attached hydrogens (tertiary/aromatic N) is 1. The quantitative estimate of drug-likeness (QED) is 0.388. The number of carboxylic acid groups (broad SMARTS) is 1. The van der Waals surface area contributed by atoms with Crippen LogP contribution < -0.4 is 20.0 Å². The highest BCUT2D eigenvalue weighted by Gasteiger charge is 2.17. The lowest BCUT2D eigenvalue weighted by atomic mass is 10.0. The number of nitrogens with one attached hydrogen (secondary N) is 1. The van der Waals surface area contributed by atoms with Crippen molar-refractivity contribution in [3.05, 3.63) is 56.0 Å². The lowest BCUT2D eigenvalue weighted by Crippen LogP contribution is -2.29. The molecule has 160 valence electrons. The molecule has 0 atom stereocenters. The van der Waals surface area contributed by atoms with E-state index in [1.165, 1.54) is 6.21 Å². The third kappa shape index (κ3) is 6.56. The topological polar surface area (TPSA) is 100 Å². The van der Waals surface area contributed by atoms with Crippen molar-refractivity contribution in [1.82, 2.24) is 5.43 Å². The molecule has 0 fully saturated rings. The summed E-state index contributed by atoms with van der Waals surface area (Å²) in [6.45, 7) is 5.22. The number of rotatable bonds is 9. The Morgan fingerprint density at radius 1 is 1.20 bits per heavy atom. The molecule has 7 nitrogen and oxygen atoms in total. The second-order valence-electron chi connectivity index (χ2n) is 6.65. The van der Waals surface area contributed by atoms with Crippen LogP contribution in [0.25, 0.3) is 0 Å². The van der Waals surface area contributed by atoms with Gasteiger partial charge in [-0.05, 0) is 58.1 Å². The predicted octanol–water partition coefficient (Wildman–Crippen LogP) is 3.30. The molecule has 0 aliphatic rings. The van der Waals surface area contributed by atoms with Gasteiger partial charge in [0, 0.05) is 10.0 Å². The molecular formula is C21H21Br2N2O5-. The van der Waals surface area contributed by atoms with Gasteiger partial charge in [0.1, 0.15) is 18.1 Å². The van der Waals surface area contributed by atoms with E-state index in [1.54, 1.807) is 24.3 Å². The molecule has 2 aromatic carbocycles. The highest BCUT2D eigenvalue weighted by Crippen LogP contribution is 2.40. The van der Waals surface area contributed by atoms with Crippen molar-refractivity contribution < 1.29 is 24.2 Å². The van der Waals surface area contributed by atoms with Crippen LogP contribution in [0.3, 0.4) is 0 Å². The molecule has 30 heavy (non-hydrogen) atoms. The van der Waals surface area contributed by atoms with Crippen LogP contribution >= 0.6 is 31.9 Å². The zero-order valence-electron chi connectivity index (χ0n) is 16.7. The number of para-hydroxylation sites is 1. The van der Waals surface area contributed by atoms with Crippen LogP contribution in [0, 0.1) is 6.92 Å². The molecule has 1 amide bonds. The molecule has 2 rings (SSSR count). The third-order valence-electron chi connectivity index (χ3n) is 4.06. The molecule has 0 spiro atoms. The van der Waals surface area contributed by atoms with Crippen LogP contribution in [0.1, 0.15) is 36.5 Å². The minimum absolute atomic E-state index is 0.201. The largest absolute Gasteiger partial charge is 0.546 e. The molecule has 0 aliphatic heterocycles. The molecule has 0 radical (unpaired) electrons. The van der Waals surface area contributed by atoms with Gasteiger partial charge in [0.2, 0.25) is 0 Å². The van der Waals surface area contributed by atoms with Gasteiger partial charge in [0.15, 0.2) is 6.61 Å². The van der Waals surface area contributed by atoms with Crippen molar-refractivity contribution in [1.29, 1.82) is 0 Å². The summed E-state index contributed by atoms with van der Waals surface area (Å²) in [5.74, 6) is -0.645.